The summed E-state index contributed by atoms with van der Waals surface area (Å²) in [7, 11) is 0. The summed E-state index contributed by atoms with van der Waals surface area (Å²) in [6.07, 6.45) is 7.17. The summed E-state index contributed by atoms with van der Waals surface area (Å²) in [5.41, 5.74) is 0.688. The Bertz CT molecular complexity index is 920. The van der Waals surface area contributed by atoms with Gasteiger partial charge in [-0.25, -0.2) is 4.98 Å². The Morgan fingerprint density at radius 3 is 2.89 bits per heavy atom. The Morgan fingerprint density at radius 1 is 1.39 bits per heavy atom. The number of aromatic nitrogens is 2. The zero-order valence-corrected chi connectivity index (χ0v) is 16.6. The lowest BCUT2D eigenvalue weighted by Crippen LogP contribution is -2.24. The van der Waals surface area contributed by atoms with Crippen molar-refractivity contribution in [2.45, 2.75) is 58.5 Å². The zero-order chi connectivity index (χ0) is 20.3. The highest BCUT2D eigenvalue weighted by Gasteiger charge is 2.30. The Labute approximate surface area is 164 Å². The molecule has 2 atom stereocenters. The van der Waals surface area contributed by atoms with Gasteiger partial charge in [-0.15, -0.1) is 0 Å². The highest BCUT2D eigenvalue weighted by Crippen LogP contribution is 2.34. The fourth-order valence-corrected chi connectivity index (χ4v) is 3.63. The van der Waals surface area contributed by atoms with Gasteiger partial charge in [-0.1, -0.05) is 0 Å². The number of hydrogen-bond acceptors (Lipinski definition) is 5. The van der Waals surface area contributed by atoms with E-state index in [0.717, 1.165) is 25.7 Å². The molecular weight excluding hydrogens is 356 g/mol. The second-order valence-electron chi connectivity index (χ2n) is 8.41. The predicted molar refractivity (Wildman–Crippen MR) is 104 cm³/mol. The molecule has 2 heterocycles. The standard InChI is InChI=1S/C21H26N4O3/c1-21(2,3)28-19(26)7-5-14-4-6-16(10-14)20(27)24-17-13-25-9-8-15(12-22)11-18(25)23-17/h8-9,11,13-14,16H,4-7,10H2,1-3H3,(H,24,27)/t14?,16-/m0/s1. The molecule has 3 rings (SSSR count). The number of imidazole rings is 1. The number of pyridine rings is 1. The number of fused-ring (bicyclic) bond motifs is 1. The molecule has 2 aromatic rings. The number of carbonyl (C=O) groups is 2. The molecule has 0 aliphatic heterocycles. The smallest absolute Gasteiger partial charge is 0.306 e. The van der Waals surface area contributed by atoms with Crippen molar-refractivity contribution in [1.29, 1.82) is 5.26 Å². The van der Waals surface area contributed by atoms with E-state index in [1.165, 1.54) is 0 Å². The van der Waals surface area contributed by atoms with Crippen molar-refractivity contribution in [2.24, 2.45) is 11.8 Å². The number of nitriles is 1. The molecule has 7 nitrogen and oxygen atoms in total. The van der Waals surface area contributed by atoms with E-state index < -0.39 is 5.60 Å². The minimum Gasteiger partial charge on any atom is -0.460 e. The van der Waals surface area contributed by atoms with E-state index in [-0.39, 0.29) is 17.8 Å². The minimum atomic E-state index is -0.461. The number of anilines is 1. The van der Waals surface area contributed by atoms with Crippen LogP contribution in [0.3, 0.4) is 0 Å². The molecule has 1 N–H and O–H groups in total. The number of nitrogens with one attached hydrogen (secondary N) is 1. The average molecular weight is 382 g/mol. The molecule has 148 valence electrons. The SMILES string of the molecule is CC(C)(C)OC(=O)CCC1CC[C@H](C(=O)Nc2cn3ccc(C#N)cc3n2)C1. The Morgan fingerprint density at radius 2 is 2.18 bits per heavy atom. The summed E-state index contributed by atoms with van der Waals surface area (Å²) >= 11 is 0. The van der Waals surface area contributed by atoms with Crippen LogP contribution in [0.1, 0.15) is 58.4 Å². The number of carbonyl (C=O) groups excluding carboxylic acids is 2. The van der Waals surface area contributed by atoms with Crippen LogP contribution < -0.4 is 5.32 Å². The van der Waals surface area contributed by atoms with Gasteiger partial charge in [0, 0.05) is 18.5 Å². The van der Waals surface area contributed by atoms with Crippen molar-refractivity contribution < 1.29 is 14.3 Å². The van der Waals surface area contributed by atoms with Crippen LogP contribution in [-0.2, 0) is 14.3 Å². The molecule has 0 saturated heterocycles. The molecule has 1 unspecified atom stereocenters. The van der Waals surface area contributed by atoms with Crippen molar-refractivity contribution in [3.05, 3.63) is 30.1 Å². The molecule has 7 heteroatoms. The maximum atomic E-state index is 12.6. The van der Waals surface area contributed by atoms with Gasteiger partial charge >= 0.3 is 5.97 Å². The van der Waals surface area contributed by atoms with Gasteiger partial charge in [-0.3, -0.25) is 9.59 Å². The number of nitrogens with zero attached hydrogens (tertiary/aromatic N) is 3. The van der Waals surface area contributed by atoms with E-state index in [9.17, 15) is 9.59 Å². The zero-order valence-electron chi connectivity index (χ0n) is 16.6. The number of amides is 1. The summed E-state index contributed by atoms with van der Waals surface area (Å²) in [4.78, 5) is 28.8. The van der Waals surface area contributed by atoms with Gasteiger partial charge in [0.15, 0.2) is 5.82 Å². The number of ether oxygens (including phenoxy) is 1. The van der Waals surface area contributed by atoms with Gasteiger partial charge in [-0.2, -0.15) is 5.26 Å². The highest BCUT2D eigenvalue weighted by molar-refractivity contribution is 5.92. The summed E-state index contributed by atoms with van der Waals surface area (Å²) in [5.74, 6) is 0.563. The quantitative estimate of drug-likeness (QED) is 0.796. The van der Waals surface area contributed by atoms with Crippen molar-refractivity contribution in [3.63, 3.8) is 0 Å². The molecule has 0 bridgehead atoms. The molecule has 0 aromatic carbocycles. The molecule has 2 aromatic heterocycles. The lowest BCUT2D eigenvalue weighted by molar-refractivity contribution is -0.155. The maximum absolute atomic E-state index is 12.6. The van der Waals surface area contributed by atoms with Crippen molar-refractivity contribution in [2.75, 3.05) is 5.32 Å². The van der Waals surface area contributed by atoms with Gasteiger partial charge in [0.1, 0.15) is 11.2 Å². The van der Waals surface area contributed by atoms with Crippen LogP contribution in [0.25, 0.3) is 5.65 Å². The van der Waals surface area contributed by atoms with Crippen LogP contribution in [0.15, 0.2) is 24.5 Å². The second-order valence-corrected chi connectivity index (χ2v) is 8.41. The van der Waals surface area contributed by atoms with E-state index in [2.05, 4.69) is 16.4 Å². The van der Waals surface area contributed by atoms with Gasteiger partial charge < -0.3 is 14.5 Å². The maximum Gasteiger partial charge on any atom is 0.306 e. The molecule has 0 spiro atoms. The summed E-state index contributed by atoms with van der Waals surface area (Å²) < 4.78 is 7.12. The van der Waals surface area contributed by atoms with Gasteiger partial charge in [0.05, 0.1) is 17.8 Å². The molecule has 28 heavy (non-hydrogen) atoms. The lowest BCUT2D eigenvalue weighted by atomic mass is 9.99. The third kappa shape index (κ3) is 5.10. The van der Waals surface area contributed by atoms with E-state index in [1.54, 1.807) is 28.9 Å². The minimum absolute atomic E-state index is 0.0383. The number of esters is 1. The van der Waals surface area contributed by atoms with Crippen molar-refractivity contribution in [1.82, 2.24) is 9.38 Å². The first-order chi connectivity index (χ1) is 13.2. The fourth-order valence-electron chi connectivity index (χ4n) is 3.63. The first-order valence-corrected chi connectivity index (χ1v) is 9.65. The third-order valence-corrected chi connectivity index (χ3v) is 4.93. The van der Waals surface area contributed by atoms with Gasteiger partial charge in [0.25, 0.3) is 0 Å². The molecule has 1 saturated carbocycles. The van der Waals surface area contributed by atoms with Crippen molar-refractivity contribution >= 4 is 23.3 Å². The topological polar surface area (TPSA) is 96.5 Å². The summed E-state index contributed by atoms with van der Waals surface area (Å²) in [6.45, 7) is 5.59. The first-order valence-electron chi connectivity index (χ1n) is 9.65. The molecular formula is C21H26N4O3. The Hall–Kier alpha value is -2.88. The van der Waals surface area contributed by atoms with Gasteiger partial charge in [-0.05, 0) is 64.5 Å². The molecule has 1 aliphatic rings. The van der Waals surface area contributed by atoms with Crippen LogP contribution in [-0.4, -0.2) is 26.9 Å². The average Bonchev–Trinajstić information content (AvgIpc) is 3.24. The Kier molecular flexibility index (Phi) is 5.68. The lowest BCUT2D eigenvalue weighted by Gasteiger charge is -2.20. The highest BCUT2D eigenvalue weighted by atomic mass is 16.6. The number of hydrogen-bond donors (Lipinski definition) is 1. The van der Waals surface area contributed by atoms with E-state index in [1.807, 2.05) is 20.8 Å². The van der Waals surface area contributed by atoms with E-state index in [4.69, 9.17) is 10.00 Å². The summed E-state index contributed by atoms with van der Waals surface area (Å²) in [5, 5.41) is 11.8. The number of rotatable bonds is 5. The van der Waals surface area contributed by atoms with E-state index >= 15 is 0 Å². The van der Waals surface area contributed by atoms with Gasteiger partial charge in [0.2, 0.25) is 5.91 Å². The van der Waals surface area contributed by atoms with Crippen LogP contribution in [0, 0.1) is 23.2 Å². The largest absolute Gasteiger partial charge is 0.460 e. The molecule has 1 amide bonds. The molecule has 1 fully saturated rings. The second kappa shape index (κ2) is 8.01. The van der Waals surface area contributed by atoms with Crippen LogP contribution in [0.2, 0.25) is 0 Å². The monoisotopic (exact) mass is 382 g/mol. The van der Waals surface area contributed by atoms with Crippen molar-refractivity contribution in [3.8, 4) is 6.07 Å². The molecule has 1 aliphatic carbocycles. The fraction of sp³-hybridized carbons (Fsp3) is 0.524. The molecule has 0 radical (unpaired) electrons. The van der Waals surface area contributed by atoms with E-state index in [0.29, 0.717) is 29.4 Å². The van der Waals surface area contributed by atoms with Crippen LogP contribution in [0.5, 0.6) is 0 Å². The van der Waals surface area contributed by atoms with Crippen LogP contribution in [0.4, 0.5) is 5.82 Å². The summed E-state index contributed by atoms with van der Waals surface area (Å²) in [6, 6.07) is 5.46. The first kappa shape index (κ1) is 19.9. The predicted octanol–water partition coefficient (Wildman–Crippen LogP) is 3.68. The third-order valence-electron chi connectivity index (χ3n) is 4.93. The normalized spacial score (nSPS) is 19.4. The van der Waals surface area contributed by atoms with Crippen LogP contribution >= 0.6 is 0 Å². The Balaban J connectivity index is 1.51.